The number of hydrogen-bond acceptors (Lipinski definition) is 5. The van der Waals surface area contributed by atoms with Crippen LogP contribution in [0.25, 0.3) is 0 Å². The number of nitrogens with one attached hydrogen (secondary N) is 1. The average Bonchev–Trinajstić information content (AvgIpc) is 2.67. The van der Waals surface area contributed by atoms with E-state index in [2.05, 4.69) is 5.32 Å². The number of amides is 1. The van der Waals surface area contributed by atoms with Gasteiger partial charge in [0.1, 0.15) is 0 Å². The molecule has 9 heteroatoms. The molecule has 0 aliphatic carbocycles. The molecule has 29 heavy (non-hydrogen) atoms. The normalized spacial score (nSPS) is 20.2. The molecule has 0 radical (unpaired) electrons. The highest BCUT2D eigenvalue weighted by Crippen LogP contribution is 2.27. The smallest absolute Gasteiger partial charge is 0.271 e. The van der Waals surface area contributed by atoms with Crippen LogP contribution in [0.15, 0.2) is 53.4 Å². The van der Waals surface area contributed by atoms with Gasteiger partial charge in [-0.15, -0.1) is 0 Å². The second kappa shape index (κ2) is 8.30. The number of piperidine rings is 1. The summed E-state index contributed by atoms with van der Waals surface area (Å²) in [5.41, 5.74) is 0.277. The van der Waals surface area contributed by atoms with Gasteiger partial charge in [-0.1, -0.05) is 26.0 Å². The molecular formula is C20H23N3O5S. The highest BCUT2D eigenvalue weighted by atomic mass is 32.2. The van der Waals surface area contributed by atoms with E-state index in [1.807, 2.05) is 13.8 Å². The molecule has 1 N–H and O–H groups in total. The third-order valence-corrected chi connectivity index (χ3v) is 6.71. The van der Waals surface area contributed by atoms with Crippen LogP contribution in [0.2, 0.25) is 0 Å². The number of hydrogen-bond donors (Lipinski definition) is 1. The first-order valence-electron chi connectivity index (χ1n) is 9.33. The maximum Gasteiger partial charge on any atom is 0.271 e. The van der Waals surface area contributed by atoms with Crippen molar-refractivity contribution in [2.24, 2.45) is 11.8 Å². The molecule has 3 rings (SSSR count). The van der Waals surface area contributed by atoms with Crippen LogP contribution in [-0.2, 0) is 10.0 Å². The quantitative estimate of drug-likeness (QED) is 0.591. The fourth-order valence-corrected chi connectivity index (χ4v) is 5.38. The van der Waals surface area contributed by atoms with Gasteiger partial charge in [-0.05, 0) is 42.5 Å². The summed E-state index contributed by atoms with van der Waals surface area (Å²) in [5.74, 6) is 0.00526. The van der Waals surface area contributed by atoms with Gasteiger partial charge >= 0.3 is 0 Å². The Hall–Kier alpha value is -2.78. The Kier molecular flexibility index (Phi) is 5.99. The van der Waals surface area contributed by atoms with Gasteiger partial charge in [-0.25, -0.2) is 8.42 Å². The van der Waals surface area contributed by atoms with Crippen LogP contribution in [0, 0.1) is 22.0 Å². The van der Waals surface area contributed by atoms with Crippen LogP contribution < -0.4 is 5.32 Å². The zero-order valence-electron chi connectivity index (χ0n) is 16.2. The molecule has 1 aliphatic rings. The molecule has 1 amide bonds. The first-order chi connectivity index (χ1) is 13.7. The molecule has 0 bridgehead atoms. The number of anilines is 1. The van der Waals surface area contributed by atoms with Crippen LogP contribution >= 0.6 is 0 Å². The molecule has 0 aromatic heterocycles. The number of carbonyl (C=O) groups excluding carboxylic acids is 1. The van der Waals surface area contributed by atoms with E-state index in [4.69, 9.17) is 0 Å². The predicted octanol–water partition coefficient (Wildman–Crippen LogP) is 3.51. The van der Waals surface area contributed by atoms with E-state index in [0.717, 1.165) is 6.42 Å². The molecule has 0 spiro atoms. The van der Waals surface area contributed by atoms with E-state index >= 15 is 0 Å². The largest absolute Gasteiger partial charge is 0.322 e. The lowest BCUT2D eigenvalue weighted by molar-refractivity contribution is -0.384. The van der Waals surface area contributed by atoms with Gasteiger partial charge in [0, 0.05) is 36.5 Å². The molecule has 1 heterocycles. The second-order valence-corrected chi connectivity index (χ2v) is 9.50. The molecule has 2 unspecified atom stereocenters. The highest BCUT2D eigenvalue weighted by molar-refractivity contribution is 7.89. The minimum absolute atomic E-state index is 0.0606. The third kappa shape index (κ3) is 4.80. The number of benzene rings is 2. The van der Waals surface area contributed by atoms with Crippen LogP contribution in [-0.4, -0.2) is 36.6 Å². The molecule has 1 saturated heterocycles. The monoisotopic (exact) mass is 417 g/mol. The van der Waals surface area contributed by atoms with Crippen molar-refractivity contribution >= 4 is 27.3 Å². The van der Waals surface area contributed by atoms with Crippen molar-refractivity contribution in [3.05, 3.63) is 64.2 Å². The molecule has 154 valence electrons. The van der Waals surface area contributed by atoms with Crippen molar-refractivity contribution in [2.75, 3.05) is 18.4 Å². The van der Waals surface area contributed by atoms with Gasteiger partial charge in [0.2, 0.25) is 10.0 Å². The van der Waals surface area contributed by atoms with Crippen molar-refractivity contribution < 1.29 is 18.1 Å². The molecule has 2 aromatic rings. The van der Waals surface area contributed by atoms with Gasteiger partial charge in [-0.3, -0.25) is 14.9 Å². The second-order valence-electron chi connectivity index (χ2n) is 7.56. The Bertz CT molecular complexity index is 1030. The fraction of sp³-hybridized carbons (Fsp3) is 0.350. The number of nitrogens with zero attached hydrogens (tertiary/aromatic N) is 2. The van der Waals surface area contributed by atoms with Crippen molar-refractivity contribution in [1.82, 2.24) is 4.31 Å². The van der Waals surface area contributed by atoms with Gasteiger partial charge in [-0.2, -0.15) is 4.31 Å². The highest BCUT2D eigenvalue weighted by Gasteiger charge is 2.32. The minimum Gasteiger partial charge on any atom is -0.322 e. The topological polar surface area (TPSA) is 110 Å². The number of nitro groups is 1. The molecule has 1 aliphatic heterocycles. The van der Waals surface area contributed by atoms with Gasteiger partial charge < -0.3 is 5.32 Å². The van der Waals surface area contributed by atoms with Crippen LogP contribution in [0.1, 0.15) is 30.6 Å². The fourth-order valence-electron chi connectivity index (χ4n) is 3.65. The lowest BCUT2D eigenvalue weighted by atomic mass is 9.94. The predicted molar refractivity (Wildman–Crippen MR) is 109 cm³/mol. The van der Waals surface area contributed by atoms with E-state index in [0.29, 0.717) is 13.1 Å². The molecular weight excluding hydrogens is 394 g/mol. The number of non-ortho nitro benzene ring substituents is 1. The number of carbonyl (C=O) groups is 1. The Morgan fingerprint density at radius 1 is 1.10 bits per heavy atom. The molecule has 2 aromatic carbocycles. The van der Waals surface area contributed by atoms with Crippen molar-refractivity contribution in [2.45, 2.75) is 25.2 Å². The lowest BCUT2D eigenvalue weighted by Crippen LogP contribution is -2.42. The number of rotatable bonds is 5. The first-order valence-corrected chi connectivity index (χ1v) is 10.8. The first kappa shape index (κ1) is 20.9. The summed E-state index contributed by atoms with van der Waals surface area (Å²) < 4.78 is 27.6. The van der Waals surface area contributed by atoms with Crippen LogP contribution in [0.3, 0.4) is 0 Å². The van der Waals surface area contributed by atoms with Gasteiger partial charge in [0.25, 0.3) is 11.6 Å². The number of nitro benzene ring substituents is 1. The summed E-state index contributed by atoms with van der Waals surface area (Å²) in [5, 5.41) is 13.5. The van der Waals surface area contributed by atoms with Gasteiger partial charge in [0.05, 0.1) is 9.82 Å². The lowest BCUT2D eigenvalue weighted by Gasteiger charge is -2.34. The van der Waals surface area contributed by atoms with E-state index in [-0.39, 0.29) is 33.7 Å². The molecule has 8 nitrogen and oxygen atoms in total. The Labute approximate surface area is 169 Å². The molecule has 0 saturated carbocycles. The summed E-state index contributed by atoms with van der Waals surface area (Å²) in [6, 6.07) is 11.4. The van der Waals surface area contributed by atoms with Gasteiger partial charge in [0.15, 0.2) is 0 Å². The maximum atomic E-state index is 13.1. The van der Waals surface area contributed by atoms with E-state index in [1.54, 1.807) is 0 Å². The summed E-state index contributed by atoms with van der Waals surface area (Å²) in [4.78, 5) is 23.0. The standard InChI is InChI=1S/C20H23N3O5S/c1-14-9-15(2)13-22(12-14)29(27,28)19-8-3-5-16(10-19)20(24)21-17-6-4-7-18(11-17)23(25)26/h3-8,10-11,14-15H,9,12-13H2,1-2H3,(H,21,24). The van der Waals surface area contributed by atoms with Crippen LogP contribution in [0.5, 0.6) is 0 Å². The molecule has 2 atom stereocenters. The summed E-state index contributed by atoms with van der Waals surface area (Å²) in [7, 11) is -3.71. The summed E-state index contributed by atoms with van der Waals surface area (Å²) in [6.45, 7) is 4.97. The van der Waals surface area contributed by atoms with Crippen molar-refractivity contribution in [3.63, 3.8) is 0 Å². The Balaban J connectivity index is 1.82. The van der Waals surface area contributed by atoms with E-state index in [9.17, 15) is 23.3 Å². The average molecular weight is 417 g/mol. The third-order valence-electron chi connectivity index (χ3n) is 4.88. The van der Waals surface area contributed by atoms with E-state index in [1.165, 1.54) is 52.8 Å². The zero-order chi connectivity index (χ0) is 21.2. The Morgan fingerprint density at radius 2 is 1.76 bits per heavy atom. The Morgan fingerprint density at radius 3 is 2.41 bits per heavy atom. The summed E-state index contributed by atoms with van der Waals surface area (Å²) in [6.07, 6.45) is 0.984. The van der Waals surface area contributed by atoms with Crippen LogP contribution in [0.4, 0.5) is 11.4 Å². The van der Waals surface area contributed by atoms with Crippen molar-refractivity contribution in [3.8, 4) is 0 Å². The minimum atomic E-state index is -3.71. The SMILES string of the molecule is CC1CC(C)CN(S(=O)(=O)c2cccc(C(=O)Nc3cccc([N+](=O)[O-])c3)c2)C1. The van der Waals surface area contributed by atoms with Crippen molar-refractivity contribution in [1.29, 1.82) is 0 Å². The molecule has 1 fully saturated rings. The maximum absolute atomic E-state index is 13.1. The zero-order valence-corrected chi connectivity index (χ0v) is 17.1. The van der Waals surface area contributed by atoms with E-state index < -0.39 is 20.9 Å². The summed E-state index contributed by atoms with van der Waals surface area (Å²) >= 11 is 0. The number of sulfonamides is 1.